The molecule has 0 aliphatic rings. The van der Waals surface area contributed by atoms with Crippen LogP contribution in [0.25, 0.3) is 0 Å². The fourth-order valence-electron chi connectivity index (χ4n) is 2.85. The van der Waals surface area contributed by atoms with Gasteiger partial charge in [-0.1, -0.05) is 44.5 Å². The molecule has 0 aliphatic carbocycles. The molecule has 1 heterocycles. The molecular weight excluding hydrogens is 436 g/mol. The van der Waals surface area contributed by atoms with Crippen LogP contribution in [-0.4, -0.2) is 21.2 Å². The third-order valence-corrected chi connectivity index (χ3v) is 6.55. The molecule has 0 saturated heterocycles. The minimum absolute atomic E-state index is 0.0172. The van der Waals surface area contributed by atoms with Gasteiger partial charge in [0.05, 0.1) is 15.6 Å². The molecule has 1 atom stereocenters. The minimum Gasteiger partial charge on any atom is -0.300 e. The first kappa shape index (κ1) is 22.5. The standard InChI is InChI=1S/C23H23ClN2O2S2/c1-23(2,3)16-5-8-18(9-6-16)30(28)26-20-10-7-17(24)14-19(20)22(27)15-11-12-25-21(13-15)29-4/h5-14,26H,1-4H3. The van der Waals surface area contributed by atoms with Gasteiger partial charge in [-0.3, -0.25) is 4.79 Å². The predicted molar refractivity (Wildman–Crippen MR) is 126 cm³/mol. The maximum atomic E-state index is 13.1. The van der Waals surface area contributed by atoms with Crippen molar-refractivity contribution in [2.24, 2.45) is 0 Å². The number of aromatic nitrogens is 1. The van der Waals surface area contributed by atoms with Crippen LogP contribution in [0, 0.1) is 0 Å². The van der Waals surface area contributed by atoms with Crippen molar-refractivity contribution in [3.63, 3.8) is 0 Å². The first-order valence-electron chi connectivity index (χ1n) is 9.32. The molecule has 0 bridgehead atoms. The number of nitrogens with one attached hydrogen (secondary N) is 1. The molecule has 0 saturated carbocycles. The number of halogens is 1. The third-order valence-electron chi connectivity index (χ3n) is 4.57. The van der Waals surface area contributed by atoms with Crippen LogP contribution >= 0.6 is 23.4 Å². The van der Waals surface area contributed by atoms with Gasteiger partial charge in [-0.2, -0.15) is 0 Å². The maximum Gasteiger partial charge on any atom is 0.195 e. The molecule has 156 valence electrons. The largest absolute Gasteiger partial charge is 0.300 e. The molecule has 1 aromatic heterocycles. The molecule has 1 N–H and O–H groups in total. The molecule has 1 unspecified atom stereocenters. The SMILES string of the molecule is CSc1cc(C(=O)c2cc(Cl)ccc2NS(=O)c2ccc(C(C)(C)C)cc2)ccn1. The van der Waals surface area contributed by atoms with Crippen LogP contribution in [0.1, 0.15) is 42.3 Å². The van der Waals surface area contributed by atoms with Gasteiger partial charge in [0.15, 0.2) is 5.78 Å². The lowest BCUT2D eigenvalue weighted by Crippen LogP contribution is -2.13. The van der Waals surface area contributed by atoms with E-state index >= 15 is 0 Å². The summed E-state index contributed by atoms with van der Waals surface area (Å²) in [4.78, 5) is 18.0. The summed E-state index contributed by atoms with van der Waals surface area (Å²) in [5, 5.41) is 1.18. The zero-order valence-corrected chi connectivity index (χ0v) is 19.6. The zero-order chi connectivity index (χ0) is 21.9. The molecule has 0 spiro atoms. The van der Waals surface area contributed by atoms with Crippen LogP contribution in [0.15, 0.2) is 70.7 Å². The highest BCUT2D eigenvalue weighted by molar-refractivity contribution is 7.98. The van der Waals surface area contributed by atoms with Gasteiger partial charge in [-0.15, -0.1) is 11.8 Å². The molecule has 0 aliphatic heterocycles. The summed E-state index contributed by atoms with van der Waals surface area (Å²) in [5.41, 5.74) is 2.50. The van der Waals surface area contributed by atoms with Crippen LogP contribution < -0.4 is 4.72 Å². The van der Waals surface area contributed by atoms with E-state index in [1.807, 2.05) is 30.5 Å². The van der Waals surface area contributed by atoms with Gasteiger partial charge in [0, 0.05) is 22.3 Å². The topological polar surface area (TPSA) is 59.1 Å². The fraction of sp³-hybridized carbons (Fsp3) is 0.217. The van der Waals surface area contributed by atoms with Crippen LogP contribution in [0.3, 0.4) is 0 Å². The van der Waals surface area contributed by atoms with E-state index in [1.54, 1.807) is 36.5 Å². The Morgan fingerprint density at radius 3 is 2.40 bits per heavy atom. The van der Waals surface area contributed by atoms with E-state index < -0.39 is 11.0 Å². The average molecular weight is 459 g/mol. The number of pyridine rings is 1. The van der Waals surface area contributed by atoms with Crippen molar-refractivity contribution < 1.29 is 9.00 Å². The van der Waals surface area contributed by atoms with Gasteiger partial charge in [0.1, 0.15) is 11.0 Å². The molecular formula is C23H23ClN2O2S2. The van der Waals surface area contributed by atoms with Crippen molar-refractivity contribution >= 4 is 45.8 Å². The van der Waals surface area contributed by atoms with Gasteiger partial charge >= 0.3 is 0 Å². The Morgan fingerprint density at radius 2 is 1.77 bits per heavy atom. The van der Waals surface area contributed by atoms with Gasteiger partial charge in [-0.05, 0) is 59.7 Å². The number of ketones is 1. The number of benzene rings is 2. The number of hydrogen-bond acceptors (Lipinski definition) is 4. The summed E-state index contributed by atoms with van der Waals surface area (Å²) in [6.45, 7) is 6.39. The van der Waals surface area contributed by atoms with Crippen LogP contribution in [0.5, 0.6) is 0 Å². The van der Waals surface area contributed by atoms with Crippen LogP contribution in [0.4, 0.5) is 5.69 Å². The van der Waals surface area contributed by atoms with Gasteiger partial charge < -0.3 is 4.72 Å². The Balaban J connectivity index is 1.90. The highest BCUT2D eigenvalue weighted by Gasteiger charge is 2.18. The first-order valence-corrected chi connectivity index (χ1v) is 12.1. The second kappa shape index (κ2) is 9.33. The number of hydrogen-bond donors (Lipinski definition) is 1. The van der Waals surface area contributed by atoms with E-state index in [2.05, 4.69) is 30.5 Å². The molecule has 3 rings (SSSR count). The van der Waals surface area contributed by atoms with Crippen molar-refractivity contribution in [2.75, 3.05) is 11.0 Å². The molecule has 30 heavy (non-hydrogen) atoms. The molecule has 0 fully saturated rings. The Morgan fingerprint density at radius 1 is 1.07 bits per heavy atom. The lowest BCUT2D eigenvalue weighted by Gasteiger charge is -2.19. The van der Waals surface area contributed by atoms with Gasteiger partial charge in [-0.25, -0.2) is 9.19 Å². The van der Waals surface area contributed by atoms with Crippen molar-refractivity contribution in [3.05, 3.63) is 82.5 Å². The lowest BCUT2D eigenvalue weighted by molar-refractivity contribution is 0.103. The molecule has 4 nitrogen and oxygen atoms in total. The van der Waals surface area contributed by atoms with Gasteiger partial charge in [0.2, 0.25) is 0 Å². The summed E-state index contributed by atoms with van der Waals surface area (Å²) in [6, 6.07) is 16.0. The van der Waals surface area contributed by atoms with E-state index in [4.69, 9.17) is 11.6 Å². The van der Waals surface area contributed by atoms with E-state index in [1.165, 1.54) is 11.8 Å². The summed E-state index contributed by atoms with van der Waals surface area (Å²) >= 11 is 7.61. The minimum atomic E-state index is -1.53. The molecule has 3 aromatic rings. The molecule has 0 radical (unpaired) electrons. The monoisotopic (exact) mass is 458 g/mol. The summed E-state index contributed by atoms with van der Waals surface area (Å²) in [6.07, 6.45) is 3.50. The number of rotatable bonds is 6. The predicted octanol–water partition coefficient (Wildman–Crippen LogP) is 6.12. The number of carbonyl (C=O) groups excluding carboxylic acids is 1. The fourth-order valence-corrected chi connectivity index (χ4v) is 4.31. The molecule has 7 heteroatoms. The van der Waals surface area contributed by atoms with E-state index in [-0.39, 0.29) is 11.2 Å². The number of anilines is 1. The maximum absolute atomic E-state index is 13.1. The third kappa shape index (κ3) is 5.31. The highest BCUT2D eigenvalue weighted by atomic mass is 35.5. The zero-order valence-electron chi connectivity index (χ0n) is 17.2. The van der Waals surface area contributed by atoms with Crippen molar-refractivity contribution in [1.29, 1.82) is 0 Å². The van der Waals surface area contributed by atoms with Crippen molar-refractivity contribution in [2.45, 2.75) is 36.1 Å². The number of thioether (sulfide) groups is 1. The molecule has 2 aromatic carbocycles. The Labute approximate surface area is 189 Å². The normalized spacial score (nSPS) is 12.4. The highest BCUT2D eigenvalue weighted by Crippen LogP contribution is 2.27. The quantitative estimate of drug-likeness (QED) is 0.357. The second-order valence-electron chi connectivity index (χ2n) is 7.75. The average Bonchev–Trinajstić information content (AvgIpc) is 2.74. The Hall–Kier alpha value is -2.15. The lowest BCUT2D eigenvalue weighted by atomic mass is 9.87. The van der Waals surface area contributed by atoms with Crippen LogP contribution in [0.2, 0.25) is 5.02 Å². The van der Waals surface area contributed by atoms with Crippen LogP contribution in [-0.2, 0) is 16.4 Å². The Bertz CT molecular complexity index is 1090. The molecule has 0 amide bonds. The number of nitrogens with zero attached hydrogens (tertiary/aromatic N) is 1. The smallest absolute Gasteiger partial charge is 0.195 e. The summed E-state index contributed by atoms with van der Waals surface area (Å²) < 4.78 is 15.9. The van der Waals surface area contributed by atoms with Crippen molar-refractivity contribution in [1.82, 2.24) is 4.98 Å². The first-order chi connectivity index (χ1) is 14.2. The number of carbonyl (C=O) groups is 1. The summed E-state index contributed by atoms with van der Waals surface area (Å²) in [7, 11) is -1.53. The van der Waals surface area contributed by atoms with Crippen molar-refractivity contribution in [3.8, 4) is 0 Å². The second-order valence-corrected chi connectivity index (χ2v) is 10.2. The van der Waals surface area contributed by atoms with E-state index in [9.17, 15) is 9.00 Å². The van der Waals surface area contributed by atoms with E-state index in [0.717, 1.165) is 10.6 Å². The summed E-state index contributed by atoms with van der Waals surface area (Å²) in [5.74, 6) is -0.210. The Kier molecular flexibility index (Phi) is 7.01. The van der Waals surface area contributed by atoms with E-state index in [0.29, 0.717) is 26.7 Å². The van der Waals surface area contributed by atoms with Gasteiger partial charge in [0.25, 0.3) is 0 Å².